The van der Waals surface area contributed by atoms with Crippen molar-refractivity contribution in [3.05, 3.63) is 63.9 Å². The zero-order valence-electron chi connectivity index (χ0n) is 9.60. The van der Waals surface area contributed by atoms with Crippen LogP contribution in [0.2, 0.25) is 0 Å². The third kappa shape index (κ3) is 3.14. The molecule has 1 unspecified atom stereocenters. The van der Waals surface area contributed by atoms with Gasteiger partial charge in [0, 0.05) is 23.3 Å². The van der Waals surface area contributed by atoms with E-state index >= 15 is 0 Å². The number of aliphatic hydroxyl groups is 1. The number of halogens is 1. The highest BCUT2D eigenvalue weighted by Gasteiger charge is 2.10. The lowest BCUT2D eigenvalue weighted by molar-refractivity contribution is 0.178. The second kappa shape index (κ2) is 5.43. The maximum atomic E-state index is 10.2. The average Bonchev–Trinajstić information content (AvgIpc) is 2.32. The van der Waals surface area contributed by atoms with Crippen LogP contribution >= 0.6 is 15.9 Å². The minimum absolute atomic E-state index is 0.513. The van der Waals surface area contributed by atoms with Crippen molar-refractivity contribution >= 4 is 15.9 Å². The smallest absolute Gasteiger partial charge is 0.0845 e. The van der Waals surface area contributed by atoms with E-state index in [1.54, 1.807) is 12.4 Å². The standard InChI is InChI=1S/C14H14BrNO/c1-10-6-12(9-16-8-10)14(17)7-11-4-2-3-5-13(11)15/h2-6,8-9,14,17H,7H2,1H3. The number of rotatable bonds is 3. The molecule has 1 heterocycles. The Kier molecular flexibility index (Phi) is 3.92. The van der Waals surface area contributed by atoms with Crippen LogP contribution in [0.4, 0.5) is 0 Å². The highest BCUT2D eigenvalue weighted by molar-refractivity contribution is 9.10. The molecule has 3 heteroatoms. The van der Waals surface area contributed by atoms with Crippen molar-refractivity contribution < 1.29 is 5.11 Å². The number of hydrogen-bond acceptors (Lipinski definition) is 2. The Bertz CT molecular complexity index is 513. The number of benzene rings is 1. The van der Waals surface area contributed by atoms with Crippen molar-refractivity contribution in [1.29, 1.82) is 0 Å². The van der Waals surface area contributed by atoms with Crippen molar-refractivity contribution in [3.63, 3.8) is 0 Å². The molecule has 88 valence electrons. The zero-order valence-corrected chi connectivity index (χ0v) is 11.2. The first-order chi connectivity index (χ1) is 8.16. The fourth-order valence-electron chi connectivity index (χ4n) is 1.75. The lowest BCUT2D eigenvalue weighted by Gasteiger charge is -2.12. The van der Waals surface area contributed by atoms with Crippen LogP contribution in [-0.2, 0) is 6.42 Å². The van der Waals surface area contributed by atoms with Gasteiger partial charge in [-0.05, 0) is 29.7 Å². The fourth-order valence-corrected chi connectivity index (χ4v) is 2.20. The van der Waals surface area contributed by atoms with E-state index in [-0.39, 0.29) is 0 Å². The Labute approximate surface area is 109 Å². The molecule has 0 aliphatic heterocycles. The number of hydrogen-bond donors (Lipinski definition) is 1. The van der Waals surface area contributed by atoms with E-state index in [2.05, 4.69) is 20.9 Å². The molecule has 1 atom stereocenters. The summed E-state index contributed by atoms with van der Waals surface area (Å²) in [5.74, 6) is 0. The number of pyridine rings is 1. The molecule has 17 heavy (non-hydrogen) atoms. The van der Waals surface area contributed by atoms with Crippen molar-refractivity contribution in [2.24, 2.45) is 0 Å². The van der Waals surface area contributed by atoms with E-state index < -0.39 is 6.10 Å². The molecular weight excluding hydrogens is 278 g/mol. The number of aliphatic hydroxyl groups excluding tert-OH is 1. The summed E-state index contributed by atoms with van der Waals surface area (Å²) < 4.78 is 1.03. The van der Waals surface area contributed by atoms with Gasteiger partial charge in [0.05, 0.1) is 6.10 Å². The van der Waals surface area contributed by atoms with E-state index in [1.807, 2.05) is 37.3 Å². The lowest BCUT2D eigenvalue weighted by atomic mass is 10.0. The van der Waals surface area contributed by atoms with Crippen LogP contribution in [0.15, 0.2) is 47.2 Å². The molecule has 2 rings (SSSR count). The van der Waals surface area contributed by atoms with Gasteiger partial charge >= 0.3 is 0 Å². The first-order valence-corrected chi connectivity index (χ1v) is 6.29. The first kappa shape index (κ1) is 12.3. The van der Waals surface area contributed by atoms with Crippen molar-refractivity contribution in [3.8, 4) is 0 Å². The molecule has 1 aromatic heterocycles. The van der Waals surface area contributed by atoms with Crippen LogP contribution in [0.25, 0.3) is 0 Å². The van der Waals surface area contributed by atoms with Crippen LogP contribution in [0.5, 0.6) is 0 Å². The summed E-state index contributed by atoms with van der Waals surface area (Å²) in [5, 5.41) is 10.2. The Morgan fingerprint density at radius 2 is 2.06 bits per heavy atom. The second-order valence-electron chi connectivity index (χ2n) is 4.11. The van der Waals surface area contributed by atoms with Crippen molar-refractivity contribution in [2.45, 2.75) is 19.4 Å². The molecule has 2 nitrogen and oxygen atoms in total. The molecule has 1 N–H and O–H groups in total. The molecule has 0 aliphatic carbocycles. The van der Waals surface area contributed by atoms with Crippen molar-refractivity contribution in [1.82, 2.24) is 4.98 Å². The third-order valence-electron chi connectivity index (χ3n) is 2.65. The lowest BCUT2D eigenvalue weighted by Crippen LogP contribution is -2.03. The highest BCUT2D eigenvalue weighted by Crippen LogP contribution is 2.23. The zero-order chi connectivity index (χ0) is 12.3. The van der Waals surface area contributed by atoms with Gasteiger partial charge in [0.1, 0.15) is 0 Å². The predicted molar refractivity (Wildman–Crippen MR) is 71.8 cm³/mol. The van der Waals surface area contributed by atoms with E-state index in [0.29, 0.717) is 6.42 Å². The summed E-state index contributed by atoms with van der Waals surface area (Å²) in [6, 6.07) is 9.90. The second-order valence-corrected chi connectivity index (χ2v) is 4.96. The van der Waals surface area contributed by atoms with E-state index in [1.165, 1.54) is 0 Å². The Balaban J connectivity index is 2.17. The Hall–Kier alpha value is -1.19. The highest BCUT2D eigenvalue weighted by atomic mass is 79.9. The average molecular weight is 292 g/mol. The third-order valence-corrected chi connectivity index (χ3v) is 3.43. The van der Waals surface area contributed by atoms with Crippen LogP contribution in [0.3, 0.4) is 0 Å². The largest absolute Gasteiger partial charge is 0.388 e. The van der Waals surface area contributed by atoms with Crippen LogP contribution in [0.1, 0.15) is 22.8 Å². The maximum Gasteiger partial charge on any atom is 0.0845 e. The fraction of sp³-hybridized carbons (Fsp3) is 0.214. The summed E-state index contributed by atoms with van der Waals surface area (Å²) in [7, 11) is 0. The molecular formula is C14H14BrNO. The van der Waals surface area contributed by atoms with Crippen LogP contribution in [-0.4, -0.2) is 10.1 Å². The summed E-state index contributed by atoms with van der Waals surface area (Å²) in [6.45, 7) is 1.97. The molecule has 2 aromatic rings. The van der Waals surface area contributed by atoms with Gasteiger partial charge < -0.3 is 5.11 Å². The SMILES string of the molecule is Cc1cncc(C(O)Cc2ccccc2Br)c1. The van der Waals surface area contributed by atoms with Gasteiger partial charge in [-0.25, -0.2) is 0 Å². The van der Waals surface area contributed by atoms with E-state index in [9.17, 15) is 5.11 Å². The Morgan fingerprint density at radius 3 is 2.76 bits per heavy atom. The molecule has 0 spiro atoms. The van der Waals surface area contributed by atoms with Crippen LogP contribution in [0, 0.1) is 6.92 Å². The van der Waals surface area contributed by atoms with Crippen LogP contribution < -0.4 is 0 Å². The van der Waals surface area contributed by atoms with Gasteiger partial charge in [0.25, 0.3) is 0 Å². The number of aryl methyl sites for hydroxylation is 1. The van der Waals surface area contributed by atoms with E-state index in [0.717, 1.165) is 21.2 Å². The summed E-state index contributed by atoms with van der Waals surface area (Å²) in [6.07, 6.45) is 3.58. The van der Waals surface area contributed by atoms with Gasteiger partial charge in [0.15, 0.2) is 0 Å². The minimum atomic E-state index is -0.513. The topological polar surface area (TPSA) is 33.1 Å². The molecule has 0 saturated carbocycles. The van der Waals surface area contributed by atoms with Gasteiger partial charge in [0.2, 0.25) is 0 Å². The number of nitrogens with zero attached hydrogens (tertiary/aromatic N) is 1. The van der Waals surface area contributed by atoms with Gasteiger partial charge in [-0.15, -0.1) is 0 Å². The molecule has 1 aromatic carbocycles. The maximum absolute atomic E-state index is 10.2. The monoisotopic (exact) mass is 291 g/mol. The summed E-state index contributed by atoms with van der Waals surface area (Å²) >= 11 is 3.49. The minimum Gasteiger partial charge on any atom is -0.388 e. The van der Waals surface area contributed by atoms with Gasteiger partial charge in [-0.2, -0.15) is 0 Å². The molecule has 0 bridgehead atoms. The summed E-state index contributed by atoms with van der Waals surface area (Å²) in [5.41, 5.74) is 3.02. The number of aromatic nitrogens is 1. The quantitative estimate of drug-likeness (QED) is 0.940. The molecule has 0 saturated heterocycles. The molecule has 0 radical (unpaired) electrons. The Morgan fingerprint density at radius 1 is 1.29 bits per heavy atom. The molecule has 0 aliphatic rings. The first-order valence-electron chi connectivity index (χ1n) is 5.50. The summed E-state index contributed by atoms with van der Waals surface area (Å²) in [4.78, 5) is 4.10. The van der Waals surface area contributed by atoms with E-state index in [4.69, 9.17) is 0 Å². The molecule has 0 amide bonds. The molecule has 0 fully saturated rings. The normalized spacial score (nSPS) is 12.4. The predicted octanol–water partition coefficient (Wildman–Crippen LogP) is 3.43. The van der Waals surface area contributed by atoms with Gasteiger partial charge in [-0.1, -0.05) is 40.2 Å². The van der Waals surface area contributed by atoms with Crippen molar-refractivity contribution in [2.75, 3.05) is 0 Å². The van der Waals surface area contributed by atoms with Gasteiger partial charge in [-0.3, -0.25) is 4.98 Å².